The molecule has 0 aliphatic carbocycles. The largest absolute Gasteiger partial charge is 0.481 e. The van der Waals surface area contributed by atoms with Crippen LogP contribution in [0.2, 0.25) is 0 Å². The number of carboxylic acids is 1. The van der Waals surface area contributed by atoms with Gasteiger partial charge in [-0.2, -0.15) is 0 Å². The molecule has 4 nitrogen and oxygen atoms in total. The van der Waals surface area contributed by atoms with Gasteiger partial charge in [0.2, 0.25) is 0 Å². The molecule has 1 heterocycles. The van der Waals surface area contributed by atoms with Crippen LogP contribution in [-0.4, -0.2) is 11.1 Å². The van der Waals surface area contributed by atoms with Crippen LogP contribution in [0.25, 0.3) is 23.1 Å². The van der Waals surface area contributed by atoms with Gasteiger partial charge in [-0.3, -0.25) is 9.59 Å². The van der Waals surface area contributed by atoms with Crippen molar-refractivity contribution in [3.63, 3.8) is 0 Å². The summed E-state index contributed by atoms with van der Waals surface area (Å²) in [7, 11) is 0. The van der Waals surface area contributed by atoms with Gasteiger partial charge >= 0.3 is 5.97 Å². The Balaban J connectivity index is 2.07. The summed E-state index contributed by atoms with van der Waals surface area (Å²) in [6, 6.07) is 16.0. The van der Waals surface area contributed by atoms with E-state index in [-0.39, 0.29) is 11.8 Å². The topological polar surface area (TPSA) is 67.5 Å². The Labute approximate surface area is 132 Å². The van der Waals surface area contributed by atoms with E-state index in [1.807, 2.05) is 36.4 Å². The highest BCUT2D eigenvalue weighted by Gasteiger charge is 2.10. The Hall–Kier alpha value is -3.14. The lowest BCUT2D eigenvalue weighted by atomic mass is 10.1. The van der Waals surface area contributed by atoms with Gasteiger partial charge in [-0.05, 0) is 17.7 Å². The Morgan fingerprint density at radius 3 is 2.57 bits per heavy atom. The summed E-state index contributed by atoms with van der Waals surface area (Å²) in [6.45, 7) is 0. The van der Waals surface area contributed by atoms with E-state index < -0.39 is 5.97 Å². The minimum absolute atomic E-state index is 0.188. The zero-order chi connectivity index (χ0) is 16.2. The molecule has 23 heavy (non-hydrogen) atoms. The van der Waals surface area contributed by atoms with Gasteiger partial charge in [0.25, 0.3) is 0 Å². The summed E-state index contributed by atoms with van der Waals surface area (Å²) in [5.41, 5.74) is 1.61. The molecule has 0 aliphatic rings. The summed E-state index contributed by atoms with van der Waals surface area (Å²) in [6.07, 6.45) is 3.35. The van der Waals surface area contributed by atoms with Gasteiger partial charge in [-0.25, -0.2) is 0 Å². The first-order valence-corrected chi connectivity index (χ1v) is 7.14. The van der Waals surface area contributed by atoms with Crippen LogP contribution in [0, 0.1) is 0 Å². The van der Waals surface area contributed by atoms with Gasteiger partial charge in [0.05, 0.1) is 11.8 Å². The highest BCUT2D eigenvalue weighted by molar-refractivity contribution is 5.84. The monoisotopic (exact) mass is 306 g/mol. The van der Waals surface area contributed by atoms with Gasteiger partial charge in [-0.1, -0.05) is 48.5 Å². The van der Waals surface area contributed by atoms with E-state index in [0.717, 1.165) is 5.56 Å². The summed E-state index contributed by atoms with van der Waals surface area (Å²) >= 11 is 0. The predicted molar refractivity (Wildman–Crippen MR) is 89.2 cm³/mol. The van der Waals surface area contributed by atoms with Crippen molar-refractivity contribution in [3.8, 4) is 0 Å². The predicted octanol–water partition coefficient (Wildman–Crippen LogP) is 3.59. The number of carbonyl (C=O) groups is 1. The van der Waals surface area contributed by atoms with Crippen molar-refractivity contribution in [1.29, 1.82) is 0 Å². The molecule has 0 unspecified atom stereocenters. The van der Waals surface area contributed by atoms with Crippen LogP contribution in [0.15, 0.2) is 63.8 Å². The van der Waals surface area contributed by atoms with Crippen LogP contribution >= 0.6 is 0 Å². The maximum Gasteiger partial charge on any atom is 0.307 e. The molecule has 0 bridgehead atoms. The number of para-hydroxylation sites is 1. The molecule has 114 valence electrons. The molecule has 0 amide bonds. The first kappa shape index (κ1) is 14.8. The minimum Gasteiger partial charge on any atom is -0.481 e. The highest BCUT2D eigenvalue weighted by atomic mass is 16.4. The molecule has 0 saturated heterocycles. The quantitative estimate of drug-likeness (QED) is 0.800. The number of hydrogen-bond acceptors (Lipinski definition) is 3. The van der Waals surface area contributed by atoms with Crippen LogP contribution in [0.4, 0.5) is 0 Å². The van der Waals surface area contributed by atoms with Crippen molar-refractivity contribution in [2.75, 3.05) is 0 Å². The van der Waals surface area contributed by atoms with Crippen molar-refractivity contribution >= 4 is 29.1 Å². The fourth-order valence-electron chi connectivity index (χ4n) is 2.38. The number of fused-ring (bicyclic) bond motifs is 1. The van der Waals surface area contributed by atoms with E-state index >= 15 is 0 Å². The van der Waals surface area contributed by atoms with E-state index in [2.05, 4.69) is 0 Å². The third-order valence-electron chi connectivity index (χ3n) is 3.44. The third-order valence-corrected chi connectivity index (χ3v) is 3.44. The van der Waals surface area contributed by atoms with Gasteiger partial charge in [0.15, 0.2) is 5.43 Å². The molecule has 4 heteroatoms. The molecule has 2 aromatic carbocycles. The lowest BCUT2D eigenvalue weighted by Crippen LogP contribution is -2.05. The van der Waals surface area contributed by atoms with Crippen LogP contribution in [-0.2, 0) is 11.2 Å². The molecule has 1 N–H and O–H groups in total. The first-order chi connectivity index (χ1) is 11.1. The minimum atomic E-state index is -0.967. The highest BCUT2D eigenvalue weighted by Crippen LogP contribution is 2.19. The molecule has 0 spiro atoms. The second kappa shape index (κ2) is 6.32. The van der Waals surface area contributed by atoms with E-state index in [4.69, 9.17) is 9.52 Å². The average Bonchev–Trinajstić information content (AvgIpc) is 2.54. The van der Waals surface area contributed by atoms with Gasteiger partial charge in [0.1, 0.15) is 11.3 Å². The number of carboxylic acid groups (broad SMARTS) is 1. The Morgan fingerprint density at radius 2 is 1.83 bits per heavy atom. The fraction of sp³-hybridized carbons (Fsp3) is 0.0526. The SMILES string of the molecule is O=C(O)Cc1cccc2c(=O)cc(C=Cc3ccccc3)oc12. The van der Waals surface area contributed by atoms with Crippen molar-refractivity contribution in [1.82, 2.24) is 0 Å². The Morgan fingerprint density at radius 1 is 1.04 bits per heavy atom. The molecular weight excluding hydrogens is 292 g/mol. The molecule has 3 aromatic rings. The maximum absolute atomic E-state index is 12.2. The van der Waals surface area contributed by atoms with Crippen molar-refractivity contribution in [2.45, 2.75) is 6.42 Å². The molecule has 0 radical (unpaired) electrons. The van der Waals surface area contributed by atoms with E-state index in [1.54, 1.807) is 24.3 Å². The summed E-state index contributed by atoms with van der Waals surface area (Å²) in [5, 5.41) is 9.37. The van der Waals surface area contributed by atoms with Crippen LogP contribution < -0.4 is 5.43 Å². The van der Waals surface area contributed by atoms with Gasteiger partial charge < -0.3 is 9.52 Å². The van der Waals surface area contributed by atoms with Crippen LogP contribution in [0.5, 0.6) is 0 Å². The summed E-state index contributed by atoms with van der Waals surface area (Å²) in [4.78, 5) is 23.2. The van der Waals surface area contributed by atoms with Gasteiger partial charge in [-0.15, -0.1) is 0 Å². The maximum atomic E-state index is 12.2. The van der Waals surface area contributed by atoms with E-state index in [1.165, 1.54) is 6.07 Å². The zero-order valence-electron chi connectivity index (χ0n) is 12.2. The zero-order valence-corrected chi connectivity index (χ0v) is 12.2. The summed E-state index contributed by atoms with van der Waals surface area (Å²) in [5.74, 6) is -0.574. The first-order valence-electron chi connectivity index (χ1n) is 7.14. The fourth-order valence-corrected chi connectivity index (χ4v) is 2.38. The molecule has 3 rings (SSSR count). The Kier molecular flexibility index (Phi) is 4.06. The van der Waals surface area contributed by atoms with E-state index in [0.29, 0.717) is 22.3 Å². The average molecular weight is 306 g/mol. The second-order valence-electron chi connectivity index (χ2n) is 5.12. The normalized spacial score (nSPS) is 11.1. The number of rotatable bonds is 4. The molecule has 1 aromatic heterocycles. The van der Waals surface area contributed by atoms with Crippen LogP contribution in [0.1, 0.15) is 16.9 Å². The Bertz CT molecular complexity index is 936. The summed E-state index contributed by atoms with van der Waals surface area (Å²) < 4.78 is 5.75. The molecule has 0 atom stereocenters. The molecular formula is C19H14O4. The van der Waals surface area contributed by atoms with Gasteiger partial charge in [0, 0.05) is 11.6 Å². The van der Waals surface area contributed by atoms with Crippen molar-refractivity contribution in [3.05, 3.63) is 81.7 Å². The standard InChI is InChI=1S/C19H14O4/c20-17-12-15(10-9-13-5-2-1-3-6-13)23-19-14(11-18(21)22)7-4-8-16(17)19/h1-10,12H,11H2,(H,21,22). The van der Waals surface area contributed by atoms with Crippen molar-refractivity contribution in [2.24, 2.45) is 0 Å². The lowest BCUT2D eigenvalue weighted by Gasteiger charge is -2.04. The van der Waals surface area contributed by atoms with E-state index in [9.17, 15) is 9.59 Å². The van der Waals surface area contributed by atoms with Crippen molar-refractivity contribution < 1.29 is 14.3 Å². The number of benzene rings is 2. The molecule has 0 saturated carbocycles. The van der Waals surface area contributed by atoms with Crippen LogP contribution in [0.3, 0.4) is 0 Å². The molecule has 0 fully saturated rings. The molecule has 0 aliphatic heterocycles. The third kappa shape index (κ3) is 3.37. The smallest absolute Gasteiger partial charge is 0.307 e. The number of hydrogen-bond donors (Lipinski definition) is 1. The second-order valence-corrected chi connectivity index (χ2v) is 5.12. The number of aliphatic carboxylic acids is 1. The lowest BCUT2D eigenvalue weighted by molar-refractivity contribution is -0.136.